The average molecular weight is 266 g/mol. The number of amides is 1. The summed E-state index contributed by atoms with van der Waals surface area (Å²) in [6.45, 7) is 2.29. The van der Waals surface area contributed by atoms with E-state index in [9.17, 15) is 9.59 Å². The fourth-order valence-electron chi connectivity index (χ4n) is 2.08. The van der Waals surface area contributed by atoms with Gasteiger partial charge in [0.25, 0.3) is 0 Å². The lowest BCUT2D eigenvalue weighted by Gasteiger charge is -2.25. The number of hydrogen-bond acceptors (Lipinski definition) is 4. The van der Waals surface area contributed by atoms with Crippen molar-refractivity contribution in [1.29, 1.82) is 0 Å². The van der Waals surface area contributed by atoms with E-state index in [0.29, 0.717) is 6.42 Å². The zero-order valence-corrected chi connectivity index (χ0v) is 11.8. The molecular weight excluding hydrogens is 248 g/mol. The standard InChI is InChI=1S/C13H18N2O2S/c1-9(16)14(2)8-7-12-15(3)10-5-4-6-11(17)13(10)18-12/h4-5,12H,6-8H2,1-3H3. The van der Waals surface area contributed by atoms with Crippen LogP contribution in [0.4, 0.5) is 0 Å². The van der Waals surface area contributed by atoms with Crippen LogP contribution in [0.1, 0.15) is 19.8 Å². The summed E-state index contributed by atoms with van der Waals surface area (Å²) in [6.07, 6.45) is 5.33. The molecule has 1 amide bonds. The maximum Gasteiger partial charge on any atom is 0.219 e. The maximum absolute atomic E-state index is 11.8. The molecule has 4 nitrogen and oxygen atoms in total. The number of ketones is 1. The maximum atomic E-state index is 11.8. The van der Waals surface area contributed by atoms with E-state index < -0.39 is 0 Å². The zero-order valence-electron chi connectivity index (χ0n) is 11.0. The minimum Gasteiger partial charge on any atom is -0.361 e. The molecular formula is C13H18N2O2S. The second-order valence-electron chi connectivity index (χ2n) is 4.66. The molecule has 0 fully saturated rings. The average Bonchev–Trinajstić information content (AvgIpc) is 2.65. The van der Waals surface area contributed by atoms with Crippen LogP contribution in [-0.2, 0) is 9.59 Å². The number of carbonyl (C=O) groups excluding carboxylic acids is 2. The summed E-state index contributed by atoms with van der Waals surface area (Å²) in [4.78, 5) is 27.7. The summed E-state index contributed by atoms with van der Waals surface area (Å²) in [6, 6.07) is 0. The van der Waals surface area contributed by atoms with Gasteiger partial charge in [-0.2, -0.15) is 0 Å². The van der Waals surface area contributed by atoms with Gasteiger partial charge in [0.05, 0.1) is 16.0 Å². The monoisotopic (exact) mass is 266 g/mol. The fourth-order valence-corrected chi connectivity index (χ4v) is 3.39. The summed E-state index contributed by atoms with van der Waals surface area (Å²) in [7, 11) is 3.82. The first-order chi connectivity index (χ1) is 8.50. The smallest absolute Gasteiger partial charge is 0.219 e. The molecule has 1 aliphatic carbocycles. The molecule has 98 valence electrons. The molecule has 1 aliphatic heterocycles. The van der Waals surface area contributed by atoms with Gasteiger partial charge in [0.1, 0.15) is 0 Å². The van der Waals surface area contributed by atoms with Crippen LogP contribution < -0.4 is 0 Å². The van der Waals surface area contributed by atoms with Gasteiger partial charge in [0.2, 0.25) is 5.91 Å². The second-order valence-corrected chi connectivity index (χ2v) is 5.84. The number of Topliss-reactive ketones (excluding diaryl/α,β-unsaturated/α-hetero) is 1. The third-order valence-corrected chi connectivity index (χ3v) is 4.88. The van der Waals surface area contributed by atoms with Crippen molar-refractivity contribution in [2.24, 2.45) is 0 Å². The number of thioether (sulfide) groups is 1. The summed E-state index contributed by atoms with van der Waals surface area (Å²) >= 11 is 1.63. The Morgan fingerprint density at radius 3 is 2.94 bits per heavy atom. The van der Waals surface area contributed by atoms with Crippen molar-refractivity contribution >= 4 is 23.5 Å². The highest BCUT2D eigenvalue weighted by molar-refractivity contribution is 8.04. The minimum absolute atomic E-state index is 0.0781. The van der Waals surface area contributed by atoms with Crippen molar-refractivity contribution < 1.29 is 9.59 Å². The third kappa shape index (κ3) is 2.46. The summed E-state index contributed by atoms with van der Waals surface area (Å²) in [5.74, 6) is 0.293. The Kier molecular flexibility index (Phi) is 3.80. The van der Waals surface area contributed by atoms with E-state index >= 15 is 0 Å². The predicted octanol–water partition coefficient (Wildman–Crippen LogP) is 1.60. The molecule has 2 rings (SSSR count). The molecule has 0 aromatic rings. The molecule has 0 radical (unpaired) electrons. The highest BCUT2D eigenvalue weighted by Crippen LogP contribution is 2.41. The van der Waals surface area contributed by atoms with E-state index in [1.54, 1.807) is 30.6 Å². The Labute approximate surface area is 112 Å². The van der Waals surface area contributed by atoms with Crippen molar-refractivity contribution in [2.45, 2.75) is 25.1 Å². The van der Waals surface area contributed by atoms with Crippen LogP contribution in [0.5, 0.6) is 0 Å². The highest BCUT2D eigenvalue weighted by atomic mass is 32.2. The van der Waals surface area contributed by atoms with E-state index in [1.807, 2.05) is 19.2 Å². The van der Waals surface area contributed by atoms with E-state index in [-0.39, 0.29) is 17.1 Å². The minimum atomic E-state index is 0.0781. The summed E-state index contributed by atoms with van der Waals surface area (Å²) in [5, 5.41) is 0.253. The van der Waals surface area contributed by atoms with Gasteiger partial charge in [0.15, 0.2) is 5.78 Å². The third-order valence-electron chi connectivity index (χ3n) is 3.38. The molecule has 0 spiro atoms. The van der Waals surface area contributed by atoms with Crippen molar-refractivity contribution in [3.05, 3.63) is 22.8 Å². The Balaban J connectivity index is 1.97. The molecule has 1 unspecified atom stereocenters. The van der Waals surface area contributed by atoms with Gasteiger partial charge in [-0.25, -0.2) is 0 Å². The Morgan fingerprint density at radius 1 is 1.61 bits per heavy atom. The number of allylic oxidation sites excluding steroid dienone is 3. The van der Waals surface area contributed by atoms with Crippen molar-refractivity contribution in [3.8, 4) is 0 Å². The highest BCUT2D eigenvalue weighted by Gasteiger charge is 2.33. The number of likely N-dealkylation sites (N-methyl/N-ethyl adjacent to an activating group) is 1. The van der Waals surface area contributed by atoms with Gasteiger partial charge >= 0.3 is 0 Å². The van der Waals surface area contributed by atoms with Crippen molar-refractivity contribution in [1.82, 2.24) is 9.80 Å². The lowest BCUT2D eigenvalue weighted by atomic mass is 10.1. The van der Waals surface area contributed by atoms with Gasteiger partial charge in [-0.15, -0.1) is 0 Å². The Hall–Kier alpha value is -1.23. The molecule has 5 heteroatoms. The van der Waals surface area contributed by atoms with Crippen LogP contribution in [0.15, 0.2) is 22.8 Å². The number of hydrogen-bond donors (Lipinski definition) is 0. The lowest BCUT2D eigenvalue weighted by molar-refractivity contribution is -0.127. The van der Waals surface area contributed by atoms with Gasteiger partial charge in [-0.1, -0.05) is 17.8 Å². The Bertz CT molecular complexity index is 442. The zero-order chi connectivity index (χ0) is 13.3. The van der Waals surface area contributed by atoms with E-state index in [4.69, 9.17) is 0 Å². The summed E-state index contributed by atoms with van der Waals surface area (Å²) in [5.41, 5.74) is 1.03. The first-order valence-electron chi connectivity index (χ1n) is 6.06. The van der Waals surface area contributed by atoms with Crippen molar-refractivity contribution in [2.75, 3.05) is 20.6 Å². The molecule has 2 aliphatic rings. The normalized spacial score (nSPS) is 22.5. The topological polar surface area (TPSA) is 40.6 Å². The fraction of sp³-hybridized carbons (Fsp3) is 0.538. The molecule has 1 heterocycles. The largest absolute Gasteiger partial charge is 0.361 e. The van der Waals surface area contributed by atoms with E-state index in [2.05, 4.69) is 4.90 Å². The predicted molar refractivity (Wildman–Crippen MR) is 72.9 cm³/mol. The Morgan fingerprint density at radius 2 is 2.33 bits per heavy atom. The lowest BCUT2D eigenvalue weighted by Crippen LogP contribution is -2.31. The van der Waals surface area contributed by atoms with Crippen LogP contribution in [0, 0.1) is 0 Å². The van der Waals surface area contributed by atoms with E-state index in [0.717, 1.165) is 23.6 Å². The molecule has 0 aromatic carbocycles. The van der Waals surface area contributed by atoms with Crippen LogP contribution in [0.3, 0.4) is 0 Å². The first kappa shape index (κ1) is 13.2. The first-order valence-corrected chi connectivity index (χ1v) is 6.94. The molecule has 0 aromatic heterocycles. The molecule has 18 heavy (non-hydrogen) atoms. The van der Waals surface area contributed by atoms with Crippen LogP contribution in [0.25, 0.3) is 0 Å². The molecule has 0 saturated heterocycles. The van der Waals surface area contributed by atoms with Gasteiger partial charge < -0.3 is 9.80 Å². The second kappa shape index (κ2) is 5.18. The van der Waals surface area contributed by atoms with E-state index in [1.165, 1.54) is 0 Å². The van der Waals surface area contributed by atoms with Crippen LogP contribution >= 0.6 is 11.8 Å². The molecule has 0 bridgehead atoms. The summed E-state index contributed by atoms with van der Waals surface area (Å²) < 4.78 is 0. The van der Waals surface area contributed by atoms with Gasteiger partial charge in [-0.05, 0) is 12.5 Å². The van der Waals surface area contributed by atoms with Gasteiger partial charge in [-0.3, -0.25) is 9.59 Å². The van der Waals surface area contributed by atoms with Crippen LogP contribution in [0.2, 0.25) is 0 Å². The van der Waals surface area contributed by atoms with Crippen molar-refractivity contribution in [3.63, 3.8) is 0 Å². The number of nitrogens with zero attached hydrogens (tertiary/aromatic N) is 2. The SMILES string of the molecule is CC(=O)N(C)CCC1SC2=C(C=CCC2=O)N1C. The number of carbonyl (C=O) groups is 2. The molecule has 1 atom stereocenters. The quantitative estimate of drug-likeness (QED) is 0.778. The number of rotatable bonds is 3. The van der Waals surface area contributed by atoms with Crippen LogP contribution in [-0.4, -0.2) is 47.5 Å². The van der Waals surface area contributed by atoms with Gasteiger partial charge in [0, 0.05) is 34.0 Å². The molecule has 0 N–H and O–H groups in total. The molecule has 0 saturated carbocycles.